The second-order valence-electron chi connectivity index (χ2n) is 3.28. The summed E-state index contributed by atoms with van der Waals surface area (Å²) < 4.78 is 0. The van der Waals surface area contributed by atoms with E-state index in [-0.39, 0.29) is 6.61 Å². The Balaban J connectivity index is 2.58. The molecule has 0 aliphatic rings. The van der Waals surface area contributed by atoms with Gasteiger partial charge in [-0.1, -0.05) is 24.3 Å². The fourth-order valence-electron chi connectivity index (χ4n) is 1.61. The summed E-state index contributed by atoms with van der Waals surface area (Å²) in [6.45, 7) is -0.0922. The van der Waals surface area contributed by atoms with Gasteiger partial charge in [0.2, 0.25) is 0 Å². The van der Waals surface area contributed by atoms with Gasteiger partial charge in [-0.15, -0.1) is 11.3 Å². The van der Waals surface area contributed by atoms with Crippen LogP contribution in [0.15, 0.2) is 35.7 Å². The molecule has 2 aromatic rings. The zero-order valence-electron chi connectivity index (χ0n) is 8.38. The Morgan fingerprint density at radius 2 is 1.94 bits per heavy atom. The Kier molecular flexibility index (Phi) is 3.03. The average Bonchev–Trinajstić information content (AvgIpc) is 2.77. The molecule has 0 saturated carbocycles. The van der Waals surface area contributed by atoms with Gasteiger partial charge in [-0.25, -0.2) is 4.79 Å². The molecule has 82 valence electrons. The van der Waals surface area contributed by atoms with Crippen LogP contribution in [0.5, 0.6) is 0 Å². The summed E-state index contributed by atoms with van der Waals surface area (Å²) >= 11 is 1.19. The number of thiophene rings is 1. The van der Waals surface area contributed by atoms with Gasteiger partial charge >= 0.3 is 5.97 Å². The van der Waals surface area contributed by atoms with Gasteiger partial charge in [0.05, 0.1) is 6.61 Å². The third kappa shape index (κ3) is 1.85. The quantitative estimate of drug-likeness (QED) is 0.858. The molecule has 0 radical (unpaired) electrons. The van der Waals surface area contributed by atoms with Crippen LogP contribution < -0.4 is 0 Å². The molecule has 0 bridgehead atoms. The fraction of sp³-hybridized carbons (Fsp3) is 0.0833. The zero-order chi connectivity index (χ0) is 11.5. The van der Waals surface area contributed by atoms with Gasteiger partial charge < -0.3 is 10.2 Å². The number of aliphatic hydroxyl groups is 1. The van der Waals surface area contributed by atoms with E-state index in [1.54, 1.807) is 17.5 Å². The number of carboxylic acids is 1. The summed E-state index contributed by atoms with van der Waals surface area (Å²) in [6.07, 6.45) is 0. The molecule has 3 nitrogen and oxygen atoms in total. The number of hydrogen-bond acceptors (Lipinski definition) is 3. The minimum atomic E-state index is -0.933. The van der Waals surface area contributed by atoms with Gasteiger partial charge in [0.25, 0.3) is 0 Å². The highest BCUT2D eigenvalue weighted by Gasteiger charge is 2.14. The van der Waals surface area contributed by atoms with E-state index in [2.05, 4.69) is 0 Å². The van der Waals surface area contributed by atoms with E-state index in [1.807, 2.05) is 18.2 Å². The van der Waals surface area contributed by atoms with Crippen molar-refractivity contribution in [1.29, 1.82) is 0 Å². The monoisotopic (exact) mass is 234 g/mol. The lowest BCUT2D eigenvalue weighted by Crippen LogP contribution is -1.96. The van der Waals surface area contributed by atoms with Gasteiger partial charge in [-0.05, 0) is 22.6 Å². The largest absolute Gasteiger partial charge is 0.477 e. The molecule has 1 aromatic heterocycles. The molecule has 16 heavy (non-hydrogen) atoms. The van der Waals surface area contributed by atoms with Crippen LogP contribution in [0.4, 0.5) is 0 Å². The molecule has 0 atom stereocenters. The molecule has 0 spiro atoms. The molecule has 0 aliphatic carbocycles. The van der Waals surface area contributed by atoms with Crippen LogP contribution in [0.1, 0.15) is 15.2 Å². The van der Waals surface area contributed by atoms with Crippen molar-refractivity contribution in [2.45, 2.75) is 6.61 Å². The average molecular weight is 234 g/mol. The minimum absolute atomic E-state index is 0.0922. The van der Waals surface area contributed by atoms with Crippen molar-refractivity contribution in [2.75, 3.05) is 0 Å². The van der Waals surface area contributed by atoms with Crippen molar-refractivity contribution in [2.24, 2.45) is 0 Å². The number of carbonyl (C=O) groups is 1. The lowest BCUT2D eigenvalue weighted by molar-refractivity contribution is 0.0703. The maximum Gasteiger partial charge on any atom is 0.346 e. The molecule has 1 aromatic carbocycles. The van der Waals surface area contributed by atoms with E-state index < -0.39 is 5.97 Å². The fourth-order valence-corrected chi connectivity index (χ4v) is 2.35. The Labute approximate surface area is 96.6 Å². The third-order valence-electron chi connectivity index (χ3n) is 2.34. The third-order valence-corrected chi connectivity index (χ3v) is 3.24. The Hall–Kier alpha value is -1.65. The molecule has 0 aliphatic heterocycles. The molecule has 0 amide bonds. The van der Waals surface area contributed by atoms with Gasteiger partial charge in [0.1, 0.15) is 4.88 Å². The van der Waals surface area contributed by atoms with Crippen molar-refractivity contribution >= 4 is 17.3 Å². The smallest absolute Gasteiger partial charge is 0.346 e. The molecule has 2 rings (SSSR count). The second kappa shape index (κ2) is 4.47. The number of benzene rings is 1. The lowest BCUT2D eigenvalue weighted by atomic mass is 10.0. The van der Waals surface area contributed by atoms with Crippen molar-refractivity contribution < 1.29 is 15.0 Å². The zero-order valence-corrected chi connectivity index (χ0v) is 9.20. The van der Waals surface area contributed by atoms with Crippen LogP contribution in [0.2, 0.25) is 0 Å². The number of hydrogen-bond donors (Lipinski definition) is 2. The summed E-state index contributed by atoms with van der Waals surface area (Å²) in [5.74, 6) is -0.933. The lowest BCUT2D eigenvalue weighted by Gasteiger charge is -2.06. The van der Waals surface area contributed by atoms with Crippen molar-refractivity contribution in [3.63, 3.8) is 0 Å². The van der Waals surface area contributed by atoms with Crippen LogP contribution in [0, 0.1) is 0 Å². The molecular weight excluding hydrogens is 224 g/mol. The Morgan fingerprint density at radius 1 is 1.19 bits per heavy atom. The summed E-state index contributed by atoms with van der Waals surface area (Å²) in [5, 5.41) is 20.0. The standard InChI is InChI=1S/C12H10O3S/c13-7-8-3-1-2-4-9(8)10-5-6-16-11(10)12(14)15/h1-6,13H,7H2,(H,14,15). The normalized spacial score (nSPS) is 10.3. The highest BCUT2D eigenvalue weighted by Crippen LogP contribution is 2.30. The minimum Gasteiger partial charge on any atom is -0.477 e. The predicted molar refractivity (Wildman–Crippen MR) is 62.6 cm³/mol. The first kappa shape index (κ1) is 10.9. The maximum absolute atomic E-state index is 11.0. The van der Waals surface area contributed by atoms with E-state index >= 15 is 0 Å². The van der Waals surface area contributed by atoms with Gasteiger partial charge in [0.15, 0.2) is 0 Å². The molecule has 1 heterocycles. The van der Waals surface area contributed by atoms with Gasteiger partial charge in [-0.2, -0.15) is 0 Å². The molecule has 0 fully saturated rings. The van der Waals surface area contributed by atoms with Gasteiger partial charge in [-0.3, -0.25) is 0 Å². The SMILES string of the molecule is O=C(O)c1sccc1-c1ccccc1CO. The number of aromatic carboxylic acids is 1. The molecule has 2 N–H and O–H groups in total. The van der Waals surface area contributed by atoms with Gasteiger partial charge in [0, 0.05) is 5.56 Å². The van der Waals surface area contributed by atoms with E-state index in [9.17, 15) is 9.90 Å². The van der Waals surface area contributed by atoms with Crippen molar-refractivity contribution in [3.8, 4) is 11.1 Å². The highest BCUT2D eigenvalue weighted by atomic mass is 32.1. The van der Waals surface area contributed by atoms with Crippen LogP contribution >= 0.6 is 11.3 Å². The molecule has 0 saturated heterocycles. The number of aliphatic hydroxyl groups excluding tert-OH is 1. The van der Waals surface area contributed by atoms with Crippen LogP contribution in [-0.2, 0) is 6.61 Å². The summed E-state index contributed by atoms with van der Waals surface area (Å²) in [6, 6.07) is 9.03. The van der Waals surface area contributed by atoms with Crippen LogP contribution in [0.3, 0.4) is 0 Å². The second-order valence-corrected chi connectivity index (χ2v) is 4.20. The van der Waals surface area contributed by atoms with Crippen LogP contribution in [-0.4, -0.2) is 16.2 Å². The van der Waals surface area contributed by atoms with E-state index in [0.29, 0.717) is 10.4 Å². The predicted octanol–water partition coefficient (Wildman–Crippen LogP) is 2.61. The van der Waals surface area contributed by atoms with Crippen molar-refractivity contribution in [1.82, 2.24) is 0 Å². The van der Waals surface area contributed by atoms with E-state index in [1.165, 1.54) is 11.3 Å². The van der Waals surface area contributed by atoms with Crippen LogP contribution in [0.25, 0.3) is 11.1 Å². The first-order valence-electron chi connectivity index (χ1n) is 4.74. The first-order valence-corrected chi connectivity index (χ1v) is 5.62. The van der Waals surface area contributed by atoms with Crippen molar-refractivity contribution in [3.05, 3.63) is 46.2 Å². The molecular formula is C12H10O3S. The topological polar surface area (TPSA) is 57.5 Å². The Morgan fingerprint density at radius 3 is 2.62 bits per heavy atom. The Bertz CT molecular complexity index is 516. The summed E-state index contributed by atoms with van der Waals surface area (Å²) in [4.78, 5) is 11.3. The van der Waals surface area contributed by atoms with E-state index in [4.69, 9.17) is 5.11 Å². The molecule has 4 heteroatoms. The highest BCUT2D eigenvalue weighted by molar-refractivity contribution is 7.12. The first-order chi connectivity index (χ1) is 7.74. The maximum atomic E-state index is 11.0. The molecule has 0 unspecified atom stereocenters. The number of carboxylic acid groups (broad SMARTS) is 1. The summed E-state index contributed by atoms with van der Waals surface area (Å²) in [7, 11) is 0. The summed E-state index contributed by atoms with van der Waals surface area (Å²) in [5.41, 5.74) is 2.19. The number of rotatable bonds is 3. The van der Waals surface area contributed by atoms with E-state index in [0.717, 1.165) is 11.1 Å².